The largest absolute Gasteiger partial charge is 0.507 e. The van der Waals surface area contributed by atoms with Crippen molar-refractivity contribution in [3.63, 3.8) is 0 Å². The van der Waals surface area contributed by atoms with Crippen molar-refractivity contribution in [3.05, 3.63) is 52.3 Å². The van der Waals surface area contributed by atoms with Crippen LogP contribution in [0.1, 0.15) is 10.4 Å². The van der Waals surface area contributed by atoms with Crippen LogP contribution in [0.15, 0.2) is 40.9 Å². The van der Waals surface area contributed by atoms with Crippen molar-refractivity contribution < 1.29 is 19.4 Å². The summed E-state index contributed by atoms with van der Waals surface area (Å²) in [6, 6.07) is 7.92. The molecule has 0 unspecified atom stereocenters. The zero-order valence-corrected chi connectivity index (χ0v) is 11.1. The molecule has 2 aromatic rings. The highest BCUT2D eigenvalue weighted by molar-refractivity contribution is 9.10. The Morgan fingerprint density at radius 2 is 1.79 bits per heavy atom. The van der Waals surface area contributed by atoms with Gasteiger partial charge in [0.1, 0.15) is 22.9 Å². The lowest BCUT2D eigenvalue weighted by atomic mass is 10.1. The Labute approximate surface area is 116 Å². The molecule has 0 fully saturated rings. The van der Waals surface area contributed by atoms with Gasteiger partial charge in [0.05, 0.1) is 4.47 Å². The SMILES string of the molecule is O=C(Nc1ccc(F)c(Br)c1)c1c(O)cccc1O. The molecule has 4 nitrogen and oxygen atoms in total. The molecule has 0 saturated carbocycles. The van der Waals surface area contributed by atoms with Gasteiger partial charge in [-0.05, 0) is 46.3 Å². The van der Waals surface area contributed by atoms with Crippen molar-refractivity contribution in [2.75, 3.05) is 5.32 Å². The predicted octanol–water partition coefficient (Wildman–Crippen LogP) is 3.25. The molecule has 0 heterocycles. The number of aromatic hydroxyl groups is 2. The number of halogens is 2. The van der Waals surface area contributed by atoms with Crippen LogP contribution in [-0.2, 0) is 0 Å². The van der Waals surface area contributed by atoms with Crippen molar-refractivity contribution in [2.45, 2.75) is 0 Å². The van der Waals surface area contributed by atoms with Crippen LogP contribution in [-0.4, -0.2) is 16.1 Å². The van der Waals surface area contributed by atoms with Crippen molar-refractivity contribution in [2.24, 2.45) is 0 Å². The Bertz CT molecular complexity index is 626. The highest BCUT2D eigenvalue weighted by atomic mass is 79.9. The lowest BCUT2D eigenvalue weighted by molar-refractivity contribution is 0.102. The number of nitrogens with one attached hydrogen (secondary N) is 1. The van der Waals surface area contributed by atoms with Crippen LogP contribution in [0, 0.1) is 5.82 Å². The van der Waals surface area contributed by atoms with E-state index < -0.39 is 11.7 Å². The maximum absolute atomic E-state index is 13.0. The number of hydrogen-bond acceptors (Lipinski definition) is 3. The van der Waals surface area contributed by atoms with Gasteiger partial charge in [-0.15, -0.1) is 0 Å². The first-order valence-corrected chi connectivity index (χ1v) is 6.05. The first-order valence-electron chi connectivity index (χ1n) is 5.26. The van der Waals surface area contributed by atoms with Gasteiger partial charge in [-0.1, -0.05) is 6.07 Å². The fourth-order valence-corrected chi connectivity index (χ4v) is 1.91. The maximum Gasteiger partial charge on any atom is 0.263 e. The molecular formula is C13H9BrFNO3. The molecule has 0 aromatic heterocycles. The minimum atomic E-state index is -0.686. The molecule has 0 saturated heterocycles. The summed E-state index contributed by atoms with van der Waals surface area (Å²) < 4.78 is 13.2. The molecule has 1 amide bonds. The van der Waals surface area contributed by atoms with Crippen molar-refractivity contribution in [3.8, 4) is 11.5 Å². The van der Waals surface area contributed by atoms with Gasteiger partial charge < -0.3 is 15.5 Å². The summed E-state index contributed by atoms with van der Waals surface area (Å²) in [7, 11) is 0. The second kappa shape index (κ2) is 5.27. The molecule has 0 radical (unpaired) electrons. The number of benzene rings is 2. The lowest BCUT2D eigenvalue weighted by Gasteiger charge is -2.08. The molecule has 0 atom stereocenters. The molecule has 6 heteroatoms. The van der Waals surface area contributed by atoms with Crippen LogP contribution in [0.5, 0.6) is 11.5 Å². The van der Waals surface area contributed by atoms with Gasteiger partial charge in [0, 0.05) is 5.69 Å². The second-order valence-electron chi connectivity index (χ2n) is 3.75. The zero-order valence-electron chi connectivity index (χ0n) is 9.52. The Balaban J connectivity index is 2.28. The van der Waals surface area contributed by atoms with Crippen molar-refractivity contribution in [1.82, 2.24) is 0 Å². The van der Waals surface area contributed by atoms with E-state index in [0.29, 0.717) is 5.69 Å². The quantitative estimate of drug-likeness (QED) is 0.793. The highest BCUT2D eigenvalue weighted by Crippen LogP contribution is 2.28. The Kier molecular flexibility index (Phi) is 3.71. The summed E-state index contributed by atoms with van der Waals surface area (Å²) in [5, 5.41) is 21.5. The van der Waals surface area contributed by atoms with Crippen molar-refractivity contribution >= 4 is 27.5 Å². The van der Waals surface area contributed by atoms with Crippen LogP contribution in [0.2, 0.25) is 0 Å². The Hall–Kier alpha value is -2.08. The predicted molar refractivity (Wildman–Crippen MR) is 71.8 cm³/mol. The van der Waals surface area contributed by atoms with E-state index in [9.17, 15) is 19.4 Å². The van der Waals surface area contributed by atoms with E-state index >= 15 is 0 Å². The van der Waals surface area contributed by atoms with Gasteiger partial charge in [0.2, 0.25) is 0 Å². The van der Waals surface area contributed by atoms with Gasteiger partial charge in [-0.3, -0.25) is 4.79 Å². The second-order valence-corrected chi connectivity index (χ2v) is 4.61. The minimum Gasteiger partial charge on any atom is -0.507 e. The van der Waals surface area contributed by atoms with Crippen LogP contribution >= 0.6 is 15.9 Å². The topological polar surface area (TPSA) is 69.6 Å². The number of hydrogen-bond donors (Lipinski definition) is 3. The molecule has 2 aromatic carbocycles. The van der Waals surface area contributed by atoms with Gasteiger partial charge in [0.25, 0.3) is 5.91 Å². The average Bonchev–Trinajstić information content (AvgIpc) is 2.33. The van der Waals surface area contributed by atoms with E-state index in [1.807, 2.05) is 0 Å². The van der Waals surface area contributed by atoms with Crippen LogP contribution in [0.25, 0.3) is 0 Å². The fourth-order valence-electron chi connectivity index (χ4n) is 1.53. The van der Waals surface area contributed by atoms with Crippen molar-refractivity contribution in [1.29, 1.82) is 0 Å². The standard InChI is InChI=1S/C13H9BrFNO3/c14-8-6-7(4-5-9(8)15)16-13(19)12-10(17)2-1-3-11(12)18/h1-6,17-18H,(H,16,19). The summed E-state index contributed by atoms with van der Waals surface area (Å²) in [5.74, 6) is -1.81. The molecule has 19 heavy (non-hydrogen) atoms. The summed E-state index contributed by atoms with van der Waals surface area (Å²) in [6.07, 6.45) is 0. The first kappa shape index (κ1) is 13.4. The van der Waals surface area contributed by atoms with Crippen LogP contribution in [0.4, 0.5) is 10.1 Å². The summed E-state index contributed by atoms with van der Waals surface area (Å²) in [6.45, 7) is 0. The third kappa shape index (κ3) is 2.85. The monoisotopic (exact) mass is 325 g/mol. The van der Waals surface area contributed by atoms with Gasteiger partial charge in [0.15, 0.2) is 0 Å². The van der Waals surface area contributed by atoms with Gasteiger partial charge in [-0.25, -0.2) is 4.39 Å². The number of anilines is 1. The Morgan fingerprint density at radius 1 is 1.16 bits per heavy atom. The van der Waals surface area contributed by atoms with E-state index in [-0.39, 0.29) is 21.5 Å². The van der Waals surface area contributed by atoms with E-state index in [1.54, 1.807) is 0 Å². The van der Waals surface area contributed by atoms with E-state index in [1.165, 1.54) is 36.4 Å². The number of amides is 1. The summed E-state index contributed by atoms with van der Waals surface area (Å²) in [4.78, 5) is 11.9. The number of phenolic OH excluding ortho intramolecular Hbond substituents is 2. The third-order valence-corrected chi connectivity index (χ3v) is 3.03. The fraction of sp³-hybridized carbons (Fsp3) is 0. The molecule has 0 spiro atoms. The smallest absolute Gasteiger partial charge is 0.263 e. The maximum atomic E-state index is 13.0. The highest BCUT2D eigenvalue weighted by Gasteiger charge is 2.16. The van der Waals surface area contributed by atoms with E-state index in [2.05, 4.69) is 21.2 Å². The summed E-state index contributed by atoms with van der Waals surface area (Å²) in [5.41, 5.74) is 0.101. The lowest BCUT2D eigenvalue weighted by Crippen LogP contribution is -2.12. The normalized spacial score (nSPS) is 10.2. The first-order chi connectivity index (χ1) is 8.99. The number of carbonyl (C=O) groups excluding carboxylic acids is 1. The van der Waals surface area contributed by atoms with Crippen LogP contribution < -0.4 is 5.32 Å². The number of carbonyl (C=O) groups is 1. The molecular weight excluding hydrogens is 317 g/mol. The minimum absolute atomic E-state index is 0.201. The number of phenols is 2. The molecule has 0 aliphatic carbocycles. The average molecular weight is 326 g/mol. The van der Waals surface area contributed by atoms with E-state index in [0.717, 1.165) is 0 Å². The third-order valence-electron chi connectivity index (χ3n) is 2.43. The summed E-state index contributed by atoms with van der Waals surface area (Å²) >= 11 is 3.00. The molecule has 98 valence electrons. The zero-order chi connectivity index (χ0) is 14.0. The Morgan fingerprint density at radius 3 is 2.37 bits per heavy atom. The molecule has 3 N–H and O–H groups in total. The molecule has 2 rings (SSSR count). The van der Waals surface area contributed by atoms with Gasteiger partial charge >= 0.3 is 0 Å². The van der Waals surface area contributed by atoms with E-state index in [4.69, 9.17) is 0 Å². The molecule has 0 bridgehead atoms. The molecule has 0 aliphatic heterocycles. The van der Waals surface area contributed by atoms with Gasteiger partial charge in [-0.2, -0.15) is 0 Å². The molecule has 0 aliphatic rings. The van der Waals surface area contributed by atoms with Crippen LogP contribution in [0.3, 0.4) is 0 Å². The number of rotatable bonds is 2.